The molecular weight excluding hydrogens is 349 g/mol. The van der Waals surface area contributed by atoms with Crippen molar-refractivity contribution >= 4 is 17.6 Å². The topological polar surface area (TPSA) is 70.7 Å². The van der Waals surface area contributed by atoms with Gasteiger partial charge in [0, 0.05) is 44.0 Å². The molecule has 4 rings (SSSR count). The van der Waals surface area contributed by atoms with Crippen molar-refractivity contribution in [1.29, 1.82) is 0 Å². The maximum atomic E-state index is 13.1. The van der Waals surface area contributed by atoms with E-state index in [-0.39, 0.29) is 29.1 Å². The Balaban J connectivity index is 1.44. The van der Waals surface area contributed by atoms with E-state index in [2.05, 4.69) is 10.6 Å². The first-order chi connectivity index (χ1) is 13.1. The number of likely N-dealkylation sites (tertiary alicyclic amines) is 1. The molecule has 1 saturated carbocycles. The number of hydrogen-bond donors (Lipinski definition) is 2. The van der Waals surface area contributed by atoms with Crippen molar-refractivity contribution in [2.75, 3.05) is 38.2 Å². The number of amides is 3. The van der Waals surface area contributed by atoms with E-state index in [1.165, 1.54) is 37.1 Å². The van der Waals surface area contributed by atoms with Gasteiger partial charge in [-0.2, -0.15) is 0 Å². The van der Waals surface area contributed by atoms with Gasteiger partial charge in [-0.25, -0.2) is 9.18 Å². The number of nitrogens with one attached hydrogen (secondary N) is 2. The second-order valence-electron chi connectivity index (χ2n) is 8.03. The Morgan fingerprint density at radius 3 is 2.56 bits per heavy atom. The summed E-state index contributed by atoms with van der Waals surface area (Å²) < 4.78 is 18.6. The van der Waals surface area contributed by atoms with E-state index in [1.54, 1.807) is 4.90 Å². The Hall–Kier alpha value is -2.15. The predicted octanol–water partition coefficient (Wildman–Crippen LogP) is 2.61. The van der Waals surface area contributed by atoms with Crippen LogP contribution in [0.4, 0.5) is 14.9 Å². The minimum absolute atomic E-state index is 0.0564. The Morgan fingerprint density at radius 2 is 1.89 bits per heavy atom. The molecule has 0 aromatic heterocycles. The molecule has 3 amide bonds. The Kier molecular flexibility index (Phi) is 5.04. The molecule has 0 radical (unpaired) electrons. The average Bonchev–Trinajstić information content (AvgIpc) is 3.43. The highest BCUT2D eigenvalue weighted by atomic mass is 19.1. The van der Waals surface area contributed by atoms with Crippen molar-refractivity contribution in [3.63, 3.8) is 0 Å². The van der Waals surface area contributed by atoms with Crippen molar-refractivity contribution in [2.45, 2.75) is 25.7 Å². The third kappa shape index (κ3) is 4.08. The number of anilines is 1. The molecule has 7 heteroatoms. The van der Waals surface area contributed by atoms with Gasteiger partial charge in [-0.15, -0.1) is 0 Å². The lowest BCUT2D eigenvalue weighted by molar-refractivity contribution is -0.129. The van der Waals surface area contributed by atoms with Gasteiger partial charge in [0.15, 0.2) is 0 Å². The number of halogens is 1. The fraction of sp³-hybridized carbons (Fsp3) is 0.600. The summed E-state index contributed by atoms with van der Waals surface area (Å²) in [4.78, 5) is 27.3. The first kappa shape index (κ1) is 18.2. The minimum Gasteiger partial charge on any atom is -0.381 e. The fourth-order valence-corrected chi connectivity index (χ4v) is 4.19. The quantitative estimate of drug-likeness (QED) is 0.850. The van der Waals surface area contributed by atoms with Crippen molar-refractivity contribution in [3.05, 3.63) is 30.1 Å². The summed E-state index contributed by atoms with van der Waals surface area (Å²) >= 11 is 0. The summed E-state index contributed by atoms with van der Waals surface area (Å²) in [6.07, 6.45) is 3.95. The van der Waals surface area contributed by atoms with E-state index in [0.29, 0.717) is 37.9 Å². The van der Waals surface area contributed by atoms with E-state index in [9.17, 15) is 14.0 Å². The molecule has 3 fully saturated rings. The summed E-state index contributed by atoms with van der Waals surface area (Å²) in [5, 5.41) is 5.90. The molecule has 146 valence electrons. The van der Waals surface area contributed by atoms with Crippen LogP contribution in [-0.4, -0.2) is 49.7 Å². The lowest BCUT2D eigenvalue weighted by Gasteiger charge is -2.37. The van der Waals surface area contributed by atoms with Crippen LogP contribution in [0.25, 0.3) is 0 Å². The number of rotatable bonds is 4. The smallest absolute Gasteiger partial charge is 0.321 e. The first-order valence-corrected chi connectivity index (χ1v) is 9.73. The normalized spacial score (nSPS) is 24.0. The SMILES string of the molecule is O=C(NCC1CC1)C1CN(C(=O)Nc2ccc(F)cc2)CC12CCOCC2. The Morgan fingerprint density at radius 1 is 1.19 bits per heavy atom. The van der Waals surface area contributed by atoms with Crippen LogP contribution >= 0.6 is 0 Å². The highest BCUT2D eigenvalue weighted by molar-refractivity contribution is 5.90. The molecule has 1 spiro atoms. The second kappa shape index (κ2) is 7.46. The van der Waals surface area contributed by atoms with E-state index in [0.717, 1.165) is 19.4 Å². The van der Waals surface area contributed by atoms with Gasteiger partial charge in [0.2, 0.25) is 5.91 Å². The van der Waals surface area contributed by atoms with Crippen molar-refractivity contribution in [1.82, 2.24) is 10.2 Å². The summed E-state index contributed by atoms with van der Waals surface area (Å²) in [6.45, 7) is 2.94. The number of hydrogen-bond acceptors (Lipinski definition) is 3. The van der Waals surface area contributed by atoms with Crippen LogP contribution in [0.2, 0.25) is 0 Å². The zero-order valence-electron chi connectivity index (χ0n) is 15.4. The van der Waals surface area contributed by atoms with E-state index < -0.39 is 0 Å². The third-order valence-corrected chi connectivity index (χ3v) is 6.10. The molecule has 2 aliphatic heterocycles. The molecule has 1 aliphatic carbocycles. The molecule has 1 atom stereocenters. The van der Waals surface area contributed by atoms with Gasteiger partial charge in [-0.05, 0) is 55.9 Å². The van der Waals surface area contributed by atoms with Crippen molar-refractivity contribution in [2.24, 2.45) is 17.3 Å². The number of nitrogens with zero attached hydrogens (tertiary/aromatic N) is 1. The number of ether oxygens (including phenoxy) is 1. The van der Waals surface area contributed by atoms with Crippen LogP contribution in [0.5, 0.6) is 0 Å². The summed E-state index contributed by atoms with van der Waals surface area (Å²) in [5.41, 5.74) is 0.329. The van der Waals surface area contributed by atoms with Gasteiger partial charge >= 0.3 is 6.03 Å². The standard InChI is InChI=1S/C20H26FN3O3/c21-15-3-5-16(6-4-15)23-19(26)24-12-17(18(25)22-11-14-1-2-14)20(13-24)7-9-27-10-8-20/h3-6,14,17H,1-2,7-13H2,(H,22,25)(H,23,26). The molecule has 1 aromatic rings. The van der Waals surface area contributed by atoms with Gasteiger partial charge in [-0.3, -0.25) is 4.79 Å². The van der Waals surface area contributed by atoms with Gasteiger partial charge < -0.3 is 20.3 Å². The number of benzene rings is 1. The second-order valence-corrected chi connectivity index (χ2v) is 8.03. The molecule has 2 N–H and O–H groups in total. The van der Waals surface area contributed by atoms with E-state index in [4.69, 9.17) is 4.74 Å². The zero-order chi connectivity index (χ0) is 18.9. The molecular formula is C20H26FN3O3. The average molecular weight is 375 g/mol. The highest BCUT2D eigenvalue weighted by Gasteiger charge is 2.51. The van der Waals surface area contributed by atoms with Gasteiger partial charge in [-0.1, -0.05) is 0 Å². The minimum atomic E-state index is -0.345. The first-order valence-electron chi connectivity index (χ1n) is 9.73. The number of carbonyl (C=O) groups excluding carboxylic acids is 2. The third-order valence-electron chi connectivity index (χ3n) is 6.10. The van der Waals surface area contributed by atoms with Gasteiger partial charge in [0.25, 0.3) is 0 Å². The highest BCUT2D eigenvalue weighted by Crippen LogP contribution is 2.44. The number of carbonyl (C=O) groups is 2. The largest absolute Gasteiger partial charge is 0.381 e. The predicted molar refractivity (Wildman–Crippen MR) is 98.7 cm³/mol. The molecule has 0 bridgehead atoms. The lowest BCUT2D eigenvalue weighted by atomic mass is 9.72. The van der Waals surface area contributed by atoms with E-state index >= 15 is 0 Å². The molecule has 3 aliphatic rings. The summed E-state index contributed by atoms with van der Waals surface area (Å²) in [5.74, 6) is 0.126. The van der Waals surface area contributed by atoms with Crippen LogP contribution in [0, 0.1) is 23.1 Å². The zero-order valence-corrected chi connectivity index (χ0v) is 15.4. The van der Waals surface area contributed by atoms with Crippen molar-refractivity contribution in [3.8, 4) is 0 Å². The molecule has 6 nitrogen and oxygen atoms in total. The Labute approximate surface area is 158 Å². The van der Waals surface area contributed by atoms with Crippen LogP contribution in [-0.2, 0) is 9.53 Å². The Bertz CT molecular complexity index is 699. The summed E-state index contributed by atoms with van der Waals surface area (Å²) in [6, 6.07) is 5.45. The lowest BCUT2D eigenvalue weighted by Crippen LogP contribution is -2.44. The molecule has 1 unspecified atom stereocenters. The molecule has 2 heterocycles. The van der Waals surface area contributed by atoms with Crippen molar-refractivity contribution < 1.29 is 18.7 Å². The van der Waals surface area contributed by atoms with Crippen LogP contribution in [0.3, 0.4) is 0 Å². The fourth-order valence-electron chi connectivity index (χ4n) is 4.19. The van der Waals surface area contributed by atoms with Crippen LogP contribution < -0.4 is 10.6 Å². The summed E-state index contributed by atoms with van der Waals surface area (Å²) in [7, 11) is 0. The van der Waals surface area contributed by atoms with Crippen LogP contribution in [0.1, 0.15) is 25.7 Å². The molecule has 27 heavy (non-hydrogen) atoms. The monoisotopic (exact) mass is 375 g/mol. The van der Waals surface area contributed by atoms with Gasteiger partial charge in [0.1, 0.15) is 5.82 Å². The van der Waals surface area contributed by atoms with Crippen LogP contribution in [0.15, 0.2) is 24.3 Å². The van der Waals surface area contributed by atoms with Gasteiger partial charge in [0.05, 0.1) is 5.92 Å². The molecule has 1 aromatic carbocycles. The maximum Gasteiger partial charge on any atom is 0.321 e. The van der Waals surface area contributed by atoms with E-state index in [1.807, 2.05) is 0 Å². The number of urea groups is 1. The maximum absolute atomic E-state index is 13.1. The molecule has 2 saturated heterocycles.